The lowest BCUT2D eigenvalue weighted by molar-refractivity contribution is -0.139. The fourth-order valence-electron chi connectivity index (χ4n) is 3.56. The van der Waals surface area contributed by atoms with Crippen molar-refractivity contribution in [1.82, 2.24) is 4.57 Å². The van der Waals surface area contributed by atoms with Gasteiger partial charge in [-0.1, -0.05) is 13.8 Å². The van der Waals surface area contributed by atoms with Gasteiger partial charge in [0, 0.05) is 22.6 Å². The minimum Gasteiger partial charge on any atom is -0.396 e. The lowest BCUT2D eigenvalue weighted by Crippen LogP contribution is -2.31. The molecule has 0 spiro atoms. The fraction of sp³-hybridized carbons (Fsp3) is 0.550. The van der Waals surface area contributed by atoms with Crippen LogP contribution in [0, 0.1) is 5.82 Å². The van der Waals surface area contributed by atoms with Gasteiger partial charge in [0.25, 0.3) is 0 Å². The second-order valence-electron chi connectivity index (χ2n) is 8.13. The van der Waals surface area contributed by atoms with Crippen LogP contribution in [0.3, 0.4) is 0 Å². The van der Waals surface area contributed by atoms with Gasteiger partial charge in [-0.25, -0.2) is 4.39 Å². The van der Waals surface area contributed by atoms with Crippen LogP contribution in [-0.2, 0) is 26.2 Å². The molecule has 2 N–H and O–H groups in total. The van der Waals surface area contributed by atoms with Crippen molar-refractivity contribution in [2.45, 2.75) is 51.5 Å². The van der Waals surface area contributed by atoms with Crippen LogP contribution >= 0.6 is 8.86 Å². The second-order valence-corrected chi connectivity index (χ2v) is 8.53. The highest BCUT2D eigenvalue weighted by Crippen LogP contribution is 2.34. The molecule has 3 rings (SSSR count). The summed E-state index contributed by atoms with van der Waals surface area (Å²) in [4.78, 5) is 0. The maximum atomic E-state index is 14.2. The number of nitrogens with two attached hydrogens (primary N) is 1. The first-order chi connectivity index (χ1) is 12.6. The van der Waals surface area contributed by atoms with Gasteiger partial charge in [-0.15, -0.1) is 8.86 Å². The largest absolute Gasteiger partial charge is 0.396 e. The minimum atomic E-state index is -0.604. The average molecular weight is 394 g/mol. The van der Waals surface area contributed by atoms with Gasteiger partial charge in [-0.05, 0) is 31.8 Å². The number of rotatable bonds is 7. The zero-order valence-electron chi connectivity index (χ0n) is 16.3. The SMILES string of the molecule is CC1(C)OC[C@@H](Cn2c(C(C)(C)COCC=P)cc3cc(N)c(F)cc32)O1. The van der Waals surface area contributed by atoms with Crippen molar-refractivity contribution < 1.29 is 18.6 Å². The summed E-state index contributed by atoms with van der Waals surface area (Å²) in [5.74, 6) is 0.765. The molecule has 27 heavy (non-hydrogen) atoms. The summed E-state index contributed by atoms with van der Waals surface area (Å²) < 4.78 is 33.7. The molecule has 2 heterocycles. The van der Waals surface area contributed by atoms with Crippen LogP contribution in [0.5, 0.6) is 0 Å². The van der Waals surface area contributed by atoms with Gasteiger partial charge in [0.2, 0.25) is 0 Å². The third-order valence-electron chi connectivity index (χ3n) is 4.83. The predicted molar refractivity (Wildman–Crippen MR) is 109 cm³/mol. The van der Waals surface area contributed by atoms with Crippen molar-refractivity contribution in [1.29, 1.82) is 0 Å². The molecule has 5 nitrogen and oxygen atoms in total. The number of anilines is 1. The van der Waals surface area contributed by atoms with Gasteiger partial charge in [0.05, 0.1) is 37.6 Å². The molecule has 7 heteroatoms. The summed E-state index contributed by atoms with van der Waals surface area (Å²) in [7, 11) is 3.31. The highest BCUT2D eigenvalue weighted by Gasteiger charge is 2.35. The molecule has 1 aromatic carbocycles. The van der Waals surface area contributed by atoms with Gasteiger partial charge in [-0.2, -0.15) is 0 Å². The Bertz CT molecular complexity index is 847. The Balaban J connectivity index is 2.02. The van der Waals surface area contributed by atoms with E-state index in [9.17, 15) is 4.39 Å². The zero-order chi connectivity index (χ0) is 19.8. The van der Waals surface area contributed by atoms with Crippen LogP contribution in [0.2, 0.25) is 0 Å². The monoisotopic (exact) mass is 394 g/mol. The summed E-state index contributed by atoms with van der Waals surface area (Å²) >= 11 is 0. The Kier molecular flexibility index (Phi) is 5.64. The number of nitrogens with zero attached hydrogens (tertiary/aromatic N) is 1. The van der Waals surface area contributed by atoms with E-state index in [1.54, 1.807) is 11.9 Å². The molecule has 1 saturated heterocycles. The number of benzene rings is 1. The highest BCUT2D eigenvalue weighted by atomic mass is 31.0. The molecule has 0 saturated carbocycles. The molecule has 0 bridgehead atoms. The molecule has 1 aliphatic rings. The first-order valence-corrected chi connectivity index (χ1v) is 9.68. The topological polar surface area (TPSA) is 58.6 Å². The van der Waals surface area contributed by atoms with Gasteiger partial charge in [-0.3, -0.25) is 0 Å². The number of ether oxygens (including phenoxy) is 3. The third kappa shape index (κ3) is 4.35. The number of halogens is 1. The molecule has 2 aromatic rings. The predicted octanol–water partition coefficient (Wildman–Crippen LogP) is 3.75. The quantitative estimate of drug-likeness (QED) is 0.441. The van der Waals surface area contributed by atoms with Gasteiger partial charge in [0.15, 0.2) is 5.79 Å². The summed E-state index contributed by atoms with van der Waals surface area (Å²) in [5, 5.41) is 0.904. The summed E-state index contributed by atoms with van der Waals surface area (Å²) in [6, 6.07) is 5.24. The van der Waals surface area contributed by atoms with Crippen LogP contribution in [0.15, 0.2) is 18.2 Å². The summed E-state index contributed by atoms with van der Waals surface area (Å²) in [6.07, 6.45) is -0.109. The highest BCUT2D eigenvalue weighted by molar-refractivity contribution is 7.18. The van der Waals surface area contributed by atoms with E-state index in [1.807, 2.05) is 13.8 Å². The normalized spacial score (nSPS) is 19.7. The maximum Gasteiger partial charge on any atom is 0.163 e. The Hall–Kier alpha value is -1.46. The van der Waals surface area contributed by atoms with Crippen LogP contribution in [0.25, 0.3) is 10.9 Å². The number of fused-ring (bicyclic) bond motifs is 1. The van der Waals surface area contributed by atoms with E-state index in [-0.39, 0.29) is 17.2 Å². The second kappa shape index (κ2) is 7.51. The molecule has 1 fully saturated rings. The fourth-order valence-corrected chi connectivity index (χ4v) is 3.68. The molecule has 1 atom stereocenters. The molecule has 148 valence electrons. The lowest BCUT2D eigenvalue weighted by Gasteiger charge is -2.28. The molecule has 0 amide bonds. The van der Waals surface area contributed by atoms with E-state index >= 15 is 0 Å². The molecule has 0 radical (unpaired) electrons. The summed E-state index contributed by atoms with van der Waals surface area (Å²) in [5.41, 5.74) is 7.50. The smallest absolute Gasteiger partial charge is 0.163 e. The molecule has 1 aromatic heterocycles. The van der Waals surface area contributed by atoms with Crippen molar-refractivity contribution >= 4 is 31.3 Å². The molecule has 0 unspecified atom stereocenters. The van der Waals surface area contributed by atoms with E-state index < -0.39 is 11.6 Å². The zero-order valence-corrected chi connectivity index (χ0v) is 17.3. The Labute approximate surface area is 161 Å². The summed E-state index contributed by atoms with van der Waals surface area (Å²) in [6.45, 7) is 10.1. The minimum absolute atomic E-state index is 0.109. The van der Waals surface area contributed by atoms with Gasteiger partial charge >= 0.3 is 0 Å². The first-order valence-electron chi connectivity index (χ1n) is 9.10. The van der Waals surface area contributed by atoms with E-state index in [2.05, 4.69) is 33.3 Å². The van der Waals surface area contributed by atoms with Crippen LogP contribution in [0.1, 0.15) is 33.4 Å². The molecule has 1 aliphatic heterocycles. The Morgan fingerprint density at radius 2 is 2.15 bits per heavy atom. The standard InChI is InChI=1S/C20H28FN2O3P/c1-19(2,12-24-5-6-27)18-8-13-7-16(22)15(21)9-17(13)23(18)10-14-11-25-20(3,4)26-14/h6-9,14,27H,5,10-12,22H2,1-4H3/t14-/m1/s1. The van der Waals surface area contributed by atoms with Crippen LogP contribution < -0.4 is 5.73 Å². The van der Waals surface area contributed by atoms with Crippen molar-refractivity contribution in [2.75, 3.05) is 25.6 Å². The van der Waals surface area contributed by atoms with E-state index in [4.69, 9.17) is 19.9 Å². The third-order valence-corrected chi connectivity index (χ3v) is 5.00. The maximum absolute atomic E-state index is 14.2. The van der Waals surface area contributed by atoms with Crippen molar-refractivity contribution in [2.24, 2.45) is 0 Å². The average Bonchev–Trinajstić information content (AvgIpc) is 3.09. The Morgan fingerprint density at radius 3 is 2.78 bits per heavy atom. The number of aromatic nitrogens is 1. The van der Waals surface area contributed by atoms with Crippen molar-refractivity contribution in [3.05, 3.63) is 29.7 Å². The van der Waals surface area contributed by atoms with Gasteiger partial charge < -0.3 is 24.5 Å². The van der Waals surface area contributed by atoms with Crippen molar-refractivity contribution in [3.63, 3.8) is 0 Å². The van der Waals surface area contributed by atoms with Crippen LogP contribution in [-0.4, -0.2) is 42.1 Å². The van der Waals surface area contributed by atoms with Crippen molar-refractivity contribution in [3.8, 4) is 0 Å². The Morgan fingerprint density at radius 1 is 1.41 bits per heavy atom. The van der Waals surface area contributed by atoms with E-state index in [0.29, 0.717) is 26.4 Å². The lowest BCUT2D eigenvalue weighted by atomic mass is 9.90. The van der Waals surface area contributed by atoms with E-state index in [1.165, 1.54) is 6.07 Å². The molecular formula is C20H28FN2O3P. The number of hydrogen-bond acceptors (Lipinski definition) is 4. The molecule has 0 aliphatic carbocycles. The number of nitrogen functional groups attached to an aromatic ring is 1. The molecular weight excluding hydrogens is 366 g/mol. The van der Waals surface area contributed by atoms with E-state index in [0.717, 1.165) is 16.6 Å². The van der Waals surface area contributed by atoms with Crippen LogP contribution in [0.4, 0.5) is 10.1 Å². The first kappa shape index (κ1) is 20.3. The van der Waals surface area contributed by atoms with Gasteiger partial charge in [0.1, 0.15) is 11.9 Å². The number of hydrogen-bond donors (Lipinski definition) is 1.